The number of hydrogen-bond acceptors (Lipinski definition) is 2. The first-order valence-corrected chi connectivity index (χ1v) is 5.70. The fraction of sp³-hybridized carbons (Fsp3) is 0.0667. The van der Waals surface area contributed by atoms with E-state index in [1.165, 1.54) is 19.1 Å². The van der Waals surface area contributed by atoms with Gasteiger partial charge in [0.1, 0.15) is 5.82 Å². The molecule has 0 fully saturated rings. The predicted molar refractivity (Wildman–Crippen MR) is 70.4 cm³/mol. The molecule has 2 N–H and O–H groups in total. The maximum absolute atomic E-state index is 13.2. The smallest absolute Gasteiger partial charge is 0.249 e. The molecule has 2 aromatic carbocycles. The van der Waals surface area contributed by atoms with E-state index in [9.17, 15) is 14.0 Å². The first kappa shape index (κ1) is 13.0. The molecule has 1 amide bonds. The Morgan fingerprint density at radius 2 is 1.63 bits per heavy atom. The summed E-state index contributed by atoms with van der Waals surface area (Å²) in [4.78, 5) is 23.0. The maximum atomic E-state index is 13.2. The van der Waals surface area contributed by atoms with Crippen molar-refractivity contribution in [3.05, 3.63) is 59.4 Å². The molecule has 2 rings (SSSR count). The van der Waals surface area contributed by atoms with Crippen LogP contribution in [0.1, 0.15) is 27.6 Å². The summed E-state index contributed by atoms with van der Waals surface area (Å²) >= 11 is 0. The van der Waals surface area contributed by atoms with E-state index >= 15 is 0 Å². The van der Waals surface area contributed by atoms with Crippen molar-refractivity contribution in [2.45, 2.75) is 6.92 Å². The van der Waals surface area contributed by atoms with E-state index < -0.39 is 11.7 Å². The molecule has 0 aliphatic carbocycles. The van der Waals surface area contributed by atoms with Crippen LogP contribution in [0.4, 0.5) is 4.39 Å². The number of primary amides is 1. The van der Waals surface area contributed by atoms with Crippen LogP contribution in [-0.4, -0.2) is 11.7 Å². The van der Waals surface area contributed by atoms with Crippen molar-refractivity contribution in [1.29, 1.82) is 0 Å². The monoisotopic (exact) mass is 257 g/mol. The van der Waals surface area contributed by atoms with E-state index in [4.69, 9.17) is 5.73 Å². The third-order valence-electron chi connectivity index (χ3n) is 2.84. The summed E-state index contributed by atoms with van der Waals surface area (Å²) in [7, 11) is 0. The molecule has 0 saturated carbocycles. The molecule has 0 atom stereocenters. The van der Waals surface area contributed by atoms with Gasteiger partial charge in [-0.1, -0.05) is 24.3 Å². The van der Waals surface area contributed by atoms with Gasteiger partial charge in [0.15, 0.2) is 5.78 Å². The second-order valence-corrected chi connectivity index (χ2v) is 4.16. The zero-order chi connectivity index (χ0) is 14.0. The van der Waals surface area contributed by atoms with E-state index in [0.29, 0.717) is 16.7 Å². The molecule has 0 spiro atoms. The van der Waals surface area contributed by atoms with E-state index in [0.717, 1.165) is 6.07 Å². The average molecular weight is 257 g/mol. The molecule has 0 heterocycles. The van der Waals surface area contributed by atoms with Crippen molar-refractivity contribution < 1.29 is 14.0 Å². The van der Waals surface area contributed by atoms with E-state index in [1.807, 2.05) is 0 Å². The molecule has 0 aliphatic heterocycles. The number of benzene rings is 2. The van der Waals surface area contributed by atoms with Gasteiger partial charge < -0.3 is 5.73 Å². The van der Waals surface area contributed by atoms with Crippen molar-refractivity contribution in [1.82, 2.24) is 0 Å². The number of hydrogen-bond donors (Lipinski definition) is 1. The number of Topliss-reactive ketones (excluding diaryl/α,β-unsaturated/α-hetero) is 1. The highest BCUT2D eigenvalue weighted by molar-refractivity contribution is 6.05. The fourth-order valence-electron chi connectivity index (χ4n) is 1.98. The summed E-state index contributed by atoms with van der Waals surface area (Å²) in [6.07, 6.45) is 0. The molecule has 0 saturated heterocycles. The highest BCUT2D eigenvalue weighted by Gasteiger charge is 2.15. The molecule has 4 heteroatoms. The number of rotatable bonds is 3. The Labute approximate surface area is 109 Å². The van der Waals surface area contributed by atoms with Gasteiger partial charge in [-0.25, -0.2) is 4.39 Å². The lowest BCUT2D eigenvalue weighted by molar-refractivity contribution is 0.0995. The molecule has 0 aliphatic rings. The summed E-state index contributed by atoms with van der Waals surface area (Å²) < 4.78 is 13.2. The van der Waals surface area contributed by atoms with Gasteiger partial charge in [0.2, 0.25) is 5.91 Å². The molecular weight excluding hydrogens is 245 g/mol. The number of carbonyl (C=O) groups is 2. The Morgan fingerprint density at radius 1 is 1.00 bits per heavy atom. The minimum Gasteiger partial charge on any atom is -0.366 e. The molecule has 0 aromatic heterocycles. The zero-order valence-electron chi connectivity index (χ0n) is 10.3. The van der Waals surface area contributed by atoms with Crippen LogP contribution in [0.3, 0.4) is 0 Å². The quantitative estimate of drug-likeness (QED) is 0.859. The van der Waals surface area contributed by atoms with Gasteiger partial charge in [-0.15, -0.1) is 0 Å². The van der Waals surface area contributed by atoms with E-state index in [1.54, 1.807) is 24.3 Å². The fourth-order valence-corrected chi connectivity index (χ4v) is 1.98. The lowest BCUT2D eigenvalue weighted by Gasteiger charge is -2.10. The second kappa shape index (κ2) is 5.02. The first-order valence-electron chi connectivity index (χ1n) is 5.70. The number of halogens is 1. The third kappa shape index (κ3) is 2.52. The van der Waals surface area contributed by atoms with Crippen LogP contribution in [0.25, 0.3) is 11.1 Å². The zero-order valence-corrected chi connectivity index (χ0v) is 10.3. The largest absolute Gasteiger partial charge is 0.366 e. The first-order chi connectivity index (χ1) is 9.00. The summed E-state index contributed by atoms with van der Waals surface area (Å²) in [6, 6.07) is 10.6. The molecule has 96 valence electrons. The SMILES string of the molecule is CC(=O)c1cc(F)ccc1-c1ccccc1C(N)=O. The van der Waals surface area contributed by atoms with E-state index in [-0.39, 0.29) is 11.3 Å². The maximum Gasteiger partial charge on any atom is 0.249 e. The number of nitrogens with two attached hydrogens (primary N) is 1. The Balaban J connectivity index is 2.72. The van der Waals surface area contributed by atoms with Gasteiger partial charge in [-0.2, -0.15) is 0 Å². The van der Waals surface area contributed by atoms with Crippen LogP contribution < -0.4 is 5.73 Å². The highest BCUT2D eigenvalue weighted by atomic mass is 19.1. The molecule has 0 bridgehead atoms. The Kier molecular flexibility index (Phi) is 3.42. The van der Waals surface area contributed by atoms with Crippen molar-refractivity contribution in [3.63, 3.8) is 0 Å². The number of amides is 1. The minimum atomic E-state index is -0.588. The minimum absolute atomic E-state index is 0.230. The Hall–Kier alpha value is -2.49. The third-order valence-corrected chi connectivity index (χ3v) is 2.84. The number of carbonyl (C=O) groups excluding carboxylic acids is 2. The summed E-state index contributed by atoms with van der Waals surface area (Å²) in [5.41, 5.74) is 6.87. The lowest BCUT2D eigenvalue weighted by Crippen LogP contribution is -2.12. The van der Waals surface area contributed by atoms with Crippen LogP contribution in [0.15, 0.2) is 42.5 Å². The average Bonchev–Trinajstić information content (AvgIpc) is 2.38. The molecule has 3 nitrogen and oxygen atoms in total. The van der Waals surface area contributed by atoms with Crippen LogP contribution in [0.5, 0.6) is 0 Å². The normalized spacial score (nSPS) is 10.2. The number of ketones is 1. The molecule has 19 heavy (non-hydrogen) atoms. The summed E-state index contributed by atoms with van der Waals surface area (Å²) in [5.74, 6) is -1.35. The molecular formula is C15H12FNO2. The lowest BCUT2D eigenvalue weighted by atomic mass is 9.93. The van der Waals surface area contributed by atoms with Crippen molar-refractivity contribution in [2.75, 3.05) is 0 Å². The Bertz CT molecular complexity index is 665. The summed E-state index contributed by atoms with van der Waals surface area (Å²) in [5, 5.41) is 0. The molecule has 0 unspecified atom stereocenters. The van der Waals surface area contributed by atoms with Gasteiger partial charge in [0.05, 0.1) is 0 Å². The highest BCUT2D eigenvalue weighted by Crippen LogP contribution is 2.28. The van der Waals surface area contributed by atoms with Crippen molar-refractivity contribution in [3.8, 4) is 11.1 Å². The van der Waals surface area contributed by atoms with Gasteiger partial charge in [0, 0.05) is 11.1 Å². The van der Waals surface area contributed by atoms with E-state index in [2.05, 4.69) is 0 Å². The van der Waals surface area contributed by atoms with Gasteiger partial charge in [0.25, 0.3) is 0 Å². The second-order valence-electron chi connectivity index (χ2n) is 4.16. The van der Waals surface area contributed by atoms with Gasteiger partial charge in [-0.05, 0) is 36.2 Å². The van der Waals surface area contributed by atoms with Crippen LogP contribution >= 0.6 is 0 Å². The molecule has 2 aromatic rings. The predicted octanol–water partition coefficient (Wildman–Crippen LogP) is 2.79. The van der Waals surface area contributed by atoms with Crippen LogP contribution in [0, 0.1) is 5.82 Å². The van der Waals surface area contributed by atoms with Crippen LogP contribution in [-0.2, 0) is 0 Å². The van der Waals surface area contributed by atoms with Gasteiger partial charge >= 0.3 is 0 Å². The van der Waals surface area contributed by atoms with Crippen molar-refractivity contribution >= 4 is 11.7 Å². The Morgan fingerprint density at radius 3 is 2.26 bits per heavy atom. The van der Waals surface area contributed by atoms with Crippen LogP contribution in [0.2, 0.25) is 0 Å². The standard InChI is InChI=1S/C15H12FNO2/c1-9(18)14-8-10(16)6-7-12(14)11-4-2-3-5-13(11)15(17)19/h2-8H,1H3,(H2,17,19). The molecule has 0 radical (unpaired) electrons. The van der Waals surface area contributed by atoms with Gasteiger partial charge in [-0.3, -0.25) is 9.59 Å². The summed E-state index contributed by atoms with van der Waals surface area (Å²) in [6.45, 7) is 1.35. The van der Waals surface area contributed by atoms with Crippen molar-refractivity contribution in [2.24, 2.45) is 5.73 Å². The topological polar surface area (TPSA) is 60.2 Å².